The number of nitrogens with zero attached hydrogens (tertiary/aromatic N) is 1. The number of benzene rings is 1. The standard InChI is InChI=1S/C12H15ClFNO/c1-8-7-9(13)5-6-10(8)11(16)15(14)12(2,3)4/h5-7H,1-4H3. The summed E-state index contributed by atoms with van der Waals surface area (Å²) >= 11 is 5.77. The fraction of sp³-hybridized carbons (Fsp3) is 0.417. The van der Waals surface area contributed by atoms with E-state index >= 15 is 0 Å². The summed E-state index contributed by atoms with van der Waals surface area (Å²) < 4.78 is 13.7. The quantitative estimate of drug-likeness (QED) is 0.688. The molecular weight excluding hydrogens is 229 g/mol. The van der Waals surface area contributed by atoms with Gasteiger partial charge in [0.2, 0.25) is 0 Å². The molecule has 1 rings (SSSR count). The number of rotatable bonds is 1. The number of hydrogen-bond donors (Lipinski definition) is 0. The maximum Gasteiger partial charge on any atom is 0.282 e. The number of hydrogen-bond acceptors (Lipinski definition) is 1. The second-order valence-corrected chi connectivity index (χ2v) is 5.15. The van der Waals surface area contributed by atoms with Crippen molar-refractivity contribution in [2.24, 2.45) is 0 Å². The molecule has 88 valence electrons. The highest BCUT2D eigenvalue weighted by Gasteiger charge is 2.28. The minimum atomic E-state index is -0.844. The molecule has 0 N–H and O–H groups in total. The minimum Gasteiger partial charge on any atom is -0.266 e. The third kappa shape index (κ3) is 2.73. The number of carbonyl (C=O) groups is 1. The number of amides is 1. The first-order chi connectivity index (χ1) is 7.23. The van der Waals surface area contributed by atoms with Gasteiger partial charge in [-0.3, -0.25) is 4.79 Å². The van der Waals surface area contributed by atoms with Gasteiger partial charge in [-0.1, -0.05) is 16.1 Å². The molecule has 0 heterocycles. The van der Waals surface area contributed by atoms with Crippen molar-refractivity contribution >= 4 is 17.5 Å². The van der Waals surface area contributed by atoms with E-state index in [0.29, 0.717) is 16.1 Å². The zero-order valence-corrected chi connectivity index (χ0v) is 10.6. The van der Waals surface area contributed by atoms with Crippen LogP contribution < -0.4 is 0 Å². The fourth-order valence-corrected chi connectivity index (χ4v) is 1.50. The lowest BCUT2D eigenvalue weighted by Gasteiger charge is -2.27. The molecule has 0 atom stereocenters. The van der Waals surface area contributed by atoms with Crippen molar-refractivity contribution in [2.45, 2.75) is 33.2 Å². The van der Waals surface area contributed by atoms with Crippen molar-refractivity contribution in [1.82, 2.24) is 5.12 Å². The van der Waals surface area contributed by atoms with E-state index < -0.39 is 11.4 Å². The highest BCUT2D eigenvalue weighted by Crippen LogP contribution is 2.21. The topological polar surface area (TPSA) is 20.3 Å². The molecule has 0 spiro atoms. The van der Waals surface area contributed by atoms with Crippen LogP contribution in [-0.2, 0) is 0 Å². The van der Waals surface area contributed by atoms with Gasteiger partial charge in [-0.2, -0.15) is 5.12 Å². The highest BCUT2D eigenvalue weighted by molar-refractivity contribution is 6.30. The maximum atomic E-state index is 13.7. The van der Waals surface area contributed by atoms with E-state index in [9.17, 15) is 9.28 Å². The molecular formula is C12H15ClFNO. The van der Waals surface area contributed by atoms with Crippen LogP contribution >= 0.6 is 11.6 Å². The molecule has 0 unspecified atom stereocenters. The van der Waals surface area contributed by atoms with Gasteiger partial charge in [0.05, 0.1) is 5.54 Å². The second kappa shape index (κ2) is 4.42. The summed E-state index contributed by atoms with van der Waals surface area (Å²) in [5, 5.41) is 0.777. The summed E-state index contributed by atoms with van der Waals surface area (Å²) in [7, 11) is 0. The molecule has 1 aromatic rings. The van der Waals surface area contributed by atoms with Gasteiger partial charge in [0.1, 0.15) is 0 Å². The summed E-state index contributed by atoms with van der Waals surface area (Å²) in [5.41, 5.74) is 0.162. The first-order valence-corrected chi connectivity index (χ1v) is 5.38. The number of carbonyl (C=O) groups excluding carboxylic acids is 1. The molecule has 0 saturated carbocycles. The van der Waals surface area contributed by atoms with Crippen LogP contribution in [0.3, 0.4) is 0 Å². The Morgan fingerprint density at radius 2 is 1.94 bits per heavy atom. The maximum absolute atomic E-state index is 13.7. The van der Waals surface area contributed by atoms with E-state index in [1.54, 1.807) is 45.9 Å². The molecule has 0 aliphatic heterocycles. The predicted octanol–water partition coefficient (Wildman–Crippen LogP) is 3.77. The van der Waals surface area contributed by atoms with Gasteiger partial charge in [-0.25, -0.2) is 0 Å². The first-order valence-electron chi connectivity index (χ1n) is 5.00. The van der Waals surface area contributed by atoms with E-state index in [1.165, 1.54) is 0 Å². The molecule has 0 radical (unpaired) electrons. The molecule has 0 bridgehead atoms. The molecule has 2 nitrogen and oxygen atoms in total. The van der Waals surface area contributed by atoms with Crippen LogP contribution in [-0.4, -0.2) is 16.6 Å². The Bertz CT molecular complexity index is 412. The molecule has 0 aromatic heterocycles. The summed E-state index contributed by atoms with van der Waals surface area (Å²) in [6.45, 7) is 6.64. The molecule has 1 aromatic carbocycles. The molecule has 0 saturated heterocycles. The average molecular weight is 244 g/mol. The Morgan fingerprint density at radius 1 is 1.38 bits per heavy atom. The van der Waals surface area contributed by atoms with Gasteiger partial charge < -0.3 is 0 Å². The van der Waals surface area contributed by atoms with E-state index in [2.05, 4.69) is 0 Å². The monoisotopic (exact) mass is 243 g/mol. The normalized spacial score (nSPS) is 11.4. The van der Waals surface area contributed by atoms with Crippen molar-refractivity contribution in [1.29, 1.82) is 0 Å². The summed E-state index contributed by atoms with van der Waals surface area (Å²) in [6.07, 6.45) is 0. The lowest BCUT2D eigenvalue weighted by atomic mass is 10.0. The molecule has 0 fully saturated rings. The van der Waals surface area contributed by atoms with E-state index in [4.69, 9.17) is 11.6 Å². The molecule has 0 aliphatic carbocycles. The lowest BCUT2D eigenvalue weighted by Crippen LogP contribution is -2.39. The Labute approximate surface area is 99.9 Å². The van der Waals surface area contributed by atoms with E-state index in [0.717, 1.165) is 0 Å². The van der Waals surface area contributed by atoms with E-state index in [-0.39, 0.29) is 5.12 Å². The van der Waals surface area contributed by atoms with Gasteiger partial charge in [0, 0.05) is 10.6 Å². The summed E-state index contributed by atoms with van der Waals surface area (Å²) in [5.74, 6) is -0.637. The highest BCUT2D eigenvalue weighted by atomic mass is 35.5. The van der Waals surface area contributed by atoms with Crippen molar-refractivity contribution in [3.63, 3.8) is 0 Å². The summed E-state index contributed by atoms with van der Waals surface area (Å²) in [4.78, 5) is 11.8. The lowest BCUT2D eigenvalue weighted by molar-refractivity contribution is -0.0322. The SMILES string of the molecule is Cc1cc(Cl)ccc1C(=O)N(F)C(C)(C)C. The van der Waals surface area contributed by atoms with Crippen LogP contribution in [0.5, 0.6) is 0 Å². The van der Waals surface area contributed by atoms with Crippen molar-refractivity contribution in [2.75, 3.05) is 0 Å². The first kappa shape index (κ1) is 13.0. The average Bonchev–Trinajstić information content (AvgIpc) is 2.14. The fourth-order valence-electron chi connectivity index (χ4n) is 1.28. The van der Waals surface area contributed by atoms with Crippen LogP contribution in [0.4, 0.5) is 4.48 Å². The third-order valence-corrected chi connectivity index (χ3v) is 2.42. The molecule has 4 heteroatoms. The Balaban J connectivity index is 3.06. The number of halogens is 2. The minimum absolute atomic E-state index is 0.239. The molecule has 16 heavy (non-hydrogen) atoms. The van der Waals surface area contributed by atoms with Gasteiger partial charge in [0.15, 0.2) is 0 Å². The van der Waals surface area contributed by atoms with Crippen molar-refractivity contribution < 1.29 is 9.28 Å². The number of aryl methyl sites for hydroxylation is 1. The zero-order chi connectivity index (χ0) is 12.5. The van der Waals surface area contributed by atoms with Crippen LogP contribution in [0.2, 0.25) is 5.02 Å². The second-order valence-electron chi connectivity index (χ2n) is 4.72. The van der Waals surface area contributed by atoms with Crippen LogP contribution in [0.15, 0.2) is 18.2 Å². The Hall–Kier alpha value is -1.09. The summed E-state index contributed by atoms with van der Waals surface area (Å²) in [6, 6.07) is 4.77. The Kier molecular flexibility index (Phi) is 3.58. The van der Waals surface area contributed by atoms with Gasteiger partial charge in [-0.05, 0) is 51.5 Å². The van der Waals surface area contributed by atoms with Crippen LogP contribution in [0.1, 0.15) is 36.7 Å². The third-order valence-electron chi connectivity index (χ3n) is 2.19. The van der Waals surface area contributed by atoms with E-state index in [1.807, 2.05) is 0 Å². The molecule has 1 amide bonds. The molecule has 0 aliphatic rings. The van der Waals surface area contributed by atoms with Crippen LogP contribution in [0, 0.1) is 6.92 Å². The van der Waals surface area contributed by atoms with Gasteiger partial charge in [0.25, 0.3) is 5.91 Å². The van der Waals surface area contributed by atoms with Crippen molar-refractivity contribution in [3.8, 4) is 0 Å². The largest absolute Gasteiger partial charge is 0.282 e. The predicted molar refractivity (Wildman–Crippen MR) is 63.2 cm³/mol. The van der Waals surface area contributed by atoms with Gasteiger partial charge in [-0.15, -0.1) is 0 Å². The zero-order valence-electron chi connectivity index (χ0n) is 9.84. The van der Waals surface area contributed by atoms with Crippen molar-refractivity contribution in [3.05, 3.63) is 34.3 Å². The smallest absolute Gasteiger partial charge is 0.266 e. The van der Waals surface area contributed by atoms with Crippen LogP contribution in [0.25, 0.3) is 0 Å². The Morgan fingerprint density at radius 3 is 2.38 bits per heavy atom. The van der Waals surface area contributed by atoms with Gasteiger partial charge >= 0.3 is 0 Å².